The molecule has 1 aromatic heterocycles. The first-order chi connectivity index (χ1) is 10.2. The second-order valence-electron chi connectivity index (χ2n) is 4.27. The topological polar surface area (TPSA) is 66.6 Å². The second kappa shape index (κ2) is 7.15. The van der Waals surface area contributed by atoms with Gasteiger partial charge in [0.1, 0.15) is 6.61 Å². The fraction of sp³-hybridized carbons (Fsp3) is 0.267. The van der Waals surface area contributed by atoms with E-state index in [0.717, 1.165) is 11.3 Å². The van der Waals surface area contributed by atoms with E-state index in [0.29, 0.717) is 28.9 Å². The van der Waals surface area contributed by atoms with Gasteiger partial charge in [0.2, 0.25) is 5.88 Å². The van der Waals surface area contributed by atoms with E-state index in [1.807, 2.05) is 12.1 Å². The number of nitrogens with two attached hydrogens (primary N) is 1. The normalized spacial score (nSPS) is 10.3. The van der Waals surface area contributed by atoms with Crippen LogP contribution in [0.25, 0.3) is 0 Å². The van der Waals surface area contributed by atoms with E-state index >= 15 is 0 Å². The number of halogens is 1. The summed E-state index contributed by atoms with van der Waals surface area (Å²) in [5, 5.41) is 0.456. The van der Waals surface area contributed by atoms with Gasteiger partial charge in [0.15, 0.2) is 11.5 Å². The lowest BCUT2D eigenvalue weighted by atomic mass is 10.2. The van der Waals surface area contributed by atoms with Crippen LogP contribution in [0.2, 0.25) is 5.02 Å². The fourth-order valence-corrected chi connectivity index (χ4v) is 2.12. The lowest BCUT2D eigenvalue weighted by Crippen LogP contribution is -2.03. The number of hydrogen-bond acceptors (Lipinski definition) is 5. The third kappa shape index (κ3) is 3.77. The fourth-order valence-electron chi connectivity index (χ4n) is 1.83. The second-order valence-corrected chi connectivity index (χ2v) is 4.68. The Labute approximate surface area is 128 Å². The van der Waals surface area contributed by atoms with Gasteiger partial charge in [0.25, 0.3) is 0 Å². The van der Waals surface area contributed by atoms with Crippen LogP contribution in [-0.4, -0.2) is 19.2 Å². The molecule has 0 spiro atoms. The van der Waals surface area contributed by atoms with Crippen molar-refractivity contribution in [3.05, 3.63) is 46.6 Å². The number of pyridine rings is 1. The number of nitrogens with zero attached hydrogens (tertiary/aromatic N) is 1. The number of ether oxygens (including phenoxy) is 3. The zero-order chi connectivity index (χ0) is 15.2. The molecule has 0 radical (unpaired) electrons. The van der Waals surface area contributed by atoms with Crippen molar-refractivity contribution in [1.82, 2.24) is 4.98 Å². The molecule has 0 saturated heterocycles. The highest BCUT2D eigenvalue weighted by atomic mass is 35.5. The summed E-state index contributed by atoms with van der Waals surface area (Å²) in [4.78, 5) is 4.27. The van der Waals surface area contributed by atoms with Crippen LogP contribution >= 0.6 is 11.6 Å². The molecule has 0 atom stereocenters. The van der Waals surface area contributed by atoms with Crippen LogP contribution < -0.4 is 19.9 Å². The number of hydrogen-bond donors (Lipinski definition) is 1. The van der Waals surface area contributed by atoms with Gasteiger partial charge in [-0.3, -0.25) is 0 Å². The predicted octanol–water partition coefficient (Wildman–Crippen LogP) is 2.79. The Kier molecular flexibility index (Phi) is 5.25. The van der Waals surface area contributed by atoms with Gasteiger partial charge in [-0.15, -0.1) is 0 Å². The lowest BCUT2D eigenvalue weighted by Gasteiger charge is -2.13. The van der Waals surface area contributed by atoms with Gasteiger partial charge in [-0.05, 0) is 23.8 Å². The number of rotatable bonds is 6. The van der Waals surface area contributed by atoms with Crippen molar-refractivity contribution >= 4 is 11.6 Å². The van der Waals surface area contributed by atoms with E-state index in [-0.39, 0.29) is 6.61 Å². The first-order valence-corrected chi connectivity index (χ1v) is 6.75. The highest BCUT2D eigenvalue weighted by Crippen LogP contribution is 2.36. The molecule has 0 saturated carbocycles. The van der Waals surface area contributed by atoms with Crippen LogP contribution in [0.5, 0.6) is 17.4 Å². The Balaban J connectivity index is 2.19. The maximum atomic E-state index is 6.21. The van der Waals surface area contributed by atoms with Gasteiger partial charge in [0, 0.05) is 12.6 Å². The number of benzene rings is 1. The van der Waals surface area contributed by atoms with Crippen molar-refractivity contribution < 1.29 is 14.2 Å². The Bertz CT molecular complexity index is 620. The first kappa shape index (κ1) is 15.4. The van der Waals surface area contributed by atoms with Crippen molar-refractivity contribution in [2.24, 2.45) is 5.73 Å². The zero-order valence-electron chi connectivity index (χ0n) is 11.9. The molecule has 21 heavy (non-hydrogen) atoms. The minimum absolute atomic E-state index is 0.259. The Hall–Kier alpha value is -1.98. The maximum Gasteiger partial charge on any atom is 0.213 e. The van der Waals surface area contributed by atoms with Crippen LogP contribution in [-0.2, 0) is 13.2 Å². The minimum atomic E-state index is 0.259. The van der Waals surface area contributed by atoms with Crippen LogP contribution in [0.15, 0.2) is 30.3 Å². The van der Waals surface area contributed by atoms with Crippen molar-refractivity contribution in [1.29, 1.82) is 0 Å². The van der Waals surface area contributed by atoms with Gasteiger partial charge in [-0.1, -0.05) is 17.7 Å². The van der Waals surface area contributed by atoms with E-state index in [4.69, 9.17) is 31.5 Å². The molecular formula is C15H17ClN2O3. The lowest BCUT2D eigenvalue weighted by molar-refractivity contribution is 0.278. The van der Waals surface area contributed by atoms with Crippen molar-refractivity contribution in [3.8, 4) is 17.4 Å². The van der Waals surface area contributed by atoms with Crippen molar-refractivity contribution in [2.45, 2.75) is 13.2 Å². The van der Waals surface area contributed by atoms with E-state index in [9.17, 15) is 0 Å². The molecule has 112 valence electrons. The average Bonchev–Trinajstić information content (AvgIpc) is 2.53. The van der Waals surface area contributed by atoms with Crippen LogP contribution in [0.3, 0.4) is 0 Å². The molecule has 0 amide bonds. The molecule has 6 heteroatoms. The van der Waals surface area contributed by atoms with E-state index < -0.39 is 0 Å². The zero-order valence-corrected chi connectivity index (χ0v) is 12.7. The molecule has 0 aliphatic rings. The van der Waals surface area contributed by atoms with Gasteiger partial charge in [-0.2, -0.15) is 0 Å². The molecule has 0 aliphatic carbocycles. The number of methoxy groups -OCH3 is 2. The van der Waals surface area contributed by atoms with Crippen molar-refractivity contribution in [3.63, 3.8) is 0 Å². The summed E-state index contributed by atoms with van der Waals surface area (Å²) in [6.07, 6.45) is 0. The molecular weight excluding hydrogens is 292 g/mol. The van der Waals surface area contributed by atoms with Gasteiger partial charge in [0.05, 0.1) is 24.9 Å². The highest BCUT2D eigenvalue weighted by Gasteiger charge is 2.12. The molecule has 2 N–H and O–H groups in total. The molecule has 0 fully saturated rings. The molecule has 0 aliphatic heterocycles. The average molecular weight is 309 g/mol. The Morgan fingerprint density at radius 2 is 2.00 bits per heavy atom. The third-order valence-corrected chi connectivity index (χ3v) is 3.16. The SMILES string of the molecule is COc1cccc(COc2c(Cl)cc(CN)cc2OC)n1. The summed E-state index contributed by atoms with van der Waals surface area (Å²) in [5.74, 6) is 1.56. The Morgan fingerprint density at radius 1 is 1.19 bits per heavy atom. The van der Waals surface area contributed by atoms with Crippen LogP contribution in [0.1, 0.15) is 11.3 Å². The van der Waals surface area contributed by atoms with Crippen molar-refractivity contribution in [2.75, 3.05) is 14.2 Å². The minimum Gasteiger partial charge on any atom is -0.493 e. The molecule has 2 rings (SSSR count). The summed E-state index contributed by atoms with van der Waals surface area (Å²) in [5.41, 5.74) is 7.22. The molecule has 2 aromatic rings. The predicted molar refractivity (Wildman–Crippen MR) is 81.0 cm³/mol. The van der Waals surface area contributed by atoms with E-state index in [1.54, 1.807) is 32.4 Å². The van der Waals surface area contributed by atoms with E-state index in [2.05, 4.69) is 4.98 Å². The largest absolute Gasteiger partial charge is 0.493 e. The summed E-state index contributed by atoms with van der Waals surface area (Å²) in [6.45, 7) is 0.642. The maximum absolute atomic E-state index is 6.21. The third-order valence-electron chi connectivity index (χ3n) is 2.88. The summed E-state index contributed by atoms with van der Waals surface area (Å²) in [7, 11) is 3.13. The molecule has 0 bridgehead atoms. The van der Waals surface area contributed by atoms with Crippen LogP contribution in [0.4, 0.5) is 0 Å². The highest BCUT2D eigenvalue weighted by molar-refractivity contribution is 6.32. The smallest absolute Gasteiger partial charge is 0.213 e. The quantitative estimate of drug-likeness (QED) is 0.889. The number of aromatic nitrogens is 1. The first-order valence-electron chi connectivity index (χ1n) is 6.37. The summed E-state index contributed by atoms with van der Waals surface area (Å²) >= 11 is 6.21. The summed E-state index contributed by atoms with van der Waals surface area (Å²) in [6, 6.07) is 9.03. The van der Waals surface area contributed by atoms with Gasteiger partial charge < -0.3 is 19.9 Å². The molecule has 1 aromatic carbocycles. The van der Waals surface area contributed by atoms with Crippen LogP contribution in [0, 0.1) is 0 Å². The summed E-state index contributed by atoms with van der Waals surface area (Å²) < 4.78 is 16.1. The molecule has 0 unspecified atom stereocenters. The Morgan fingerprint density at radius 3 is 2.67 bits per heavy atom. The van der Waals surface area contributed by atoms with Gasteiger partial charge in [-0.25, -0.2) is 4.98 Å². The van der Waals surface area contributed by atoms with Gasteiger partial charge >= 0.3 is 0 Å². The van der Waals surface area contributed by atoms with E-state index in [1.165, 1.54) is 0 Å². The molecule has 1 heterocycles. The molecule has 5 nitrogen and oxygen atoms in total. The standard InChI is InChI=1S/C15H17ClN2O3/c1-19-13-7-10(8-17)6-12(16)15(13)21-9-11-4-3-5-14(18-11)20-2/h3-7H,8-9,17H2,1-2H3. The monoisotopic (exact) mass is 308 g/mol.